The molecule has 1 heterocycles. The molecular formula is C15H19NO2. The SMILES string of the molecule is Cc1cc(C)c(C(=O)CCC(=O)N2CC2)c(C)c1. The highest BCUT2D eigenvalue weighted by Gasteiger charge is 2.24. The zero-order valence-corrected chi connectivity index (χ0v) is 11.2. The lowest BCUT2D eigenvalue weighted by atomic mass is 9.94. The Hall–Kier alpha value is -1.64. The Kier molecular flexibility index (Phi) is 3.50. The van der Waals surface area contributed by atoms with Gasteiger partial charge in [-0.3, -0.25) is 9.59 Å². The van der Waals surface area contributed by atoms with Gasteiger partial charge in [-0.05, 0) is 31.9 Å². The molecule has 1 aliphatic rings. The van der Waals surface area contributed by atoms with Crippen molar-refractivity contribution in [1.29, 1.82) is 0 Å². The molecule has 0 unspecified atom stereocenters. The number of aryl methyl sites for hydroxylation is 3. The number of hydrogen-bond donors (Lipinski definition) is 0. The topological polar surface area (TPSA) is 37.1 Å². The highest BCUT2D eigenvalue weighted by atomic mass is 16.2. The van der Waals surface area contributed by atoms with Crippen LogP contribution in [0.2, 0.25) is 0 Å². The largest absolute Gasteiger partial charge is 0.339 e. The first-order chi connectivity index (χ1) is 8.49. The molecule has 0 spiro atoms. The molecule has 1 aliphatic heterocycles. The number of carbonyl (C=O) groups excluding carboxylic acids is 2. The van der Waals surface area contributed by atoms with Crippen molar-refractivity contribution in [3.63, 3.8) is 0 Å². The molecule has 3 heteroatoms. The van der Waals surface area contributed by atoms with Crippen LogP contribution >= 0.6 is 0 Å². The summed E-state index contributed by atoms with van der Waals surface area (Å²) < 4.78 is 0. The highest BCUT2D eigenvalue weighted by molar-refractivity contribution is 6.00. The third-order valence-corrected chi connectivity index (χ3v) is 3.32. The van der Waals surface area contributed by atoms with Gasteiger partial charge in [0, 0.05) is 31.5 Å². The third kappa shape index (κ3) is 2.78. The number of amides is 1. The van der Waals surface area contributed by atoms with E-state index in [2.05, 4.69) is 0 Å². The van der Waals surface area contributed by atoms with Gasteiger partial charge in [0.15, 0.2) is 5.78 Å². The van der Waals surface area contributed by atoms with Crippen LogP contribution < -0.4 is 0 Å². The number of Topliss-reactive ketones (excluding diaryl/α,β-unsaturated/α-hetero) is 1. The Bertz CT molecular complexity index is 478. The summed E-state index contributed by atoms with van der Waals surface area (Å²) in [6.07, 6.45) is 0.658. The first kappa shape index (κ1) is 12.8. The lowest BCUT2D eigenvalue weighted by molar-refractivity contribution is -0.125. The van der Waals surface area contributed by atoms with E-state index in [1.165, 1.54) is 5.56 Å². The Morgan fingerprint density at radius 1 is 1.06 bits per heavy atom. The Labute approximate surface area is 108 Å². The molecule has 0 radical (unpaired) electrons. The van der Waals surface area contributed by atoms with Crippen LogP contribution in [-0.4, -0.2) is 29.7 Å². The van der Waals surface area contributed by atoms with Gasteiger partial charge in [-0.15, -0.1) is 0 Å². The fourth-order valence-corrected chi connectivity index (χ4v) is 2.42. The predicted octanol–water partition coefficient (Wildman–Crippen LogP) is 2.42. The average molecular weight is 245 g/mol. The van der Waals surface area contributed by atoms with Crippen molar-refractivity contribution in [2.24, 2.45) is 0 Å². The van der Waals surface area contributed by atoms with Gasteiger partial charge in [0.05, 0.1) is 0 Å². The Balaban J connectivity index is 2.06. The van der Waals surface area contributed by atoms with Gasteiger partial charge in [-0.25, -0.2) is 0 Å². The zero-order valence-electron chi connectivity index (χ0n) is 11.2. The maximum atomic E-state index is 12.2. The highest BCUT2D eigenvalue weighted by Crippen LogP contribution is 2.19. The maximum Gasteiger partial charge on any atom is 0.223 e. The lowest BCUT2D eigenvalue weighted by Gasteiger charge is -2.10. The molecule has 0 atom stereocenters. The summed E-state index contributed by atoms with van der Waals surface area (Å²) in [4.78, 5) is 25.5. The van der Waals surface area contributed by atoms with E-state index in [1.54, 1.807) is 4.90 Å². The first-order valence-corrected chi connectivity index (χ1v) is 6.38. The number of carbonyl (C=O) groups is 2. The molecule has 1 fully saturated rings. The Morgan fingerprint density at radius 2 is 1.61 bits per heavy atom. The molecule has 0 aliphatic carbocycles. The van der Waals surface area contributed by atoms with Gasteiger partial charge in [0.25, 0.3) is 0 Å². The van der Waals surface area contributed by atoms with Crippen molar-refractivity contribution in [3.8, 4) is 0 Å². The second-order valence-corrected chi connectivity index (χ2v) is 5.08. The number of nitrogens with zero attached hydrogens (tertiary/aromatic N) is 1. The number of ketones is 1. The molecule has 2 rings (SSSR count). The van der Waals surface area contributed by atoms with Gasteiger partial charge < -0.3 is 4.90 Å². The molecule has 1 amide bonds. The molecule has 3 nitrogen and oxygen atoms in total. The van der Waals surface area contributed by atoms with Gasteiger partial charge in [-0.2, -0.15) is 0 Å². The quantitative estimate of drug-likeness (QED) is 0.603. The monoisotopic (exact) mass is 245 g/mol. The first-order valence-electron chi connectivity index (χ1n) is 6.38. The van der Waals surface area contributed by atoms with Crippen LogP contribution in [0.5, 0.6) is 0 Å². The molecule has 1 aromatic carbocycles. The summed E-state index contributed by atoms with van der Waals surface area (Å²) in [7, 11) is 0. The molecule has 96 valence electrons. The van der Waals surface area contributed by atoms with E-state index in [1.807, 2.05) is 32.9 Å². The van der Waals surface area contributed by atoms with Gasteiger partial charge in [0.2, 0.25) is 5.91 Å². The summed E-state index contributed by atoms with van der Waals surface area (Å²) in [6, 6.07) is 4.04. The molecular weight excluding hydrogens is 226 g/mol. The van der Waals surface area contributed by atoms with Crippen LogP contribution in [0.3, 0.4) is 0 Å². The van der Waals surface area contributed by atoms with Gasteiger partial charge >= 0.3 is 0 Å². The summed E-state index contributed by atoms with van der Waals surface area (Å²) in [5.41, 5.74) is 3.98. The average Bonchev–Trinajstić information content (AvgIpc) is 3.07. The van der Waals surface area contributed by atoms with E-state index in [9.17, 15) is 9.59 Å². The fraction of sp³-hybridized carbons (Fsp3) is 0.467. The second kappa shape index (κ2) is 4.92. The fourth-order valence-electron chi connectivity index (χ4n) is 2.42. The summed E-state index contributed by atoms with van der Waals surface area (Å²) >= 11 is 0. The van der Waals surface area contributed by atoms with E-state index >= 15 is 0 Å². The molecule has 0 aromatic heterocycles. The van der Waals surface area contributed by atoms with Crippen LogP contribution in [0, 0.1) is 20.8 Å². The normalized spacial score (nSPS) is 13.6. The molecule has 1 saturated heterocycles. The van der Waals surface area contributed by atoms with E-state index in [4.69, 9.17) is 0 Å². The number of benzene rings is 1. The smallest absolute Gasteiger partial charge is 0.223 e. The summed E-state index contributed by atoms with van der Waals surface area (Å²) in [6.45, 7) is 7.66. The minimum absolute atomic E-state index is 0.0835. The van der Waals surface area contributed by atoms with Gasteiger partial charge in [0.1, 0.15) is 0 Å². The summed E-state index contributed by atoms with van der Waals surface area (Å²) in [5.74, 6) is 0.186. The van der Waals surface area contributed by atoms with E-state index in [0.29, 0.717) is 12.8 Å². The lowest BCUT2D eigenvalue weighted by Crippen LogP contribution is -2.13. The standard InChI is InChI=1S/C15H19NO2/c1-10-8-11(2)15(12(3)9-10)13(17)4-5-14(18)16-6-7-16/h8-9H,4-7H2,1-3H3. The van der Waals surface area contributed by atoms with Crippen molar-refractivity contribution in [3.05, 3.63) is 34.4 Å². The van der Waals surface area contributed by atoms with Crippen molar-refractivity contribution >= 4 is 11.7 Å². The van der Waals surface area contributed by atoms with Crippen molar-refractivity contribution in [1.82, 2.24) is 4.90 Å². The maximum absolute atomic E-state index is 12.2. The number of hydrogen-bond acceptors (Lipinski definition) is 2. The summed E-state index contributed by atoms with van der Waals surface area (Å²) in [5, 5.41) is 0. The van der Waals surface area contributed by atoms with Crippen molar-refractivity contribution in [2.75, 3.05) is 13.1 Å². The molecule has 18 heavy (non-hydrogen) atoms. The molecule has 0 bridgehead atoms. The van der Waals surface area contributed by atoms with E-state index in [-0.39, 0.29) is 11.7 Å². The predicted molar refractivity (Wildman–Crippen MR) is 70.8 cm³/mol. The van der Waals surface area contributed by atoms with Crippen LogP contribution in [0.25, 0.3) is 0 Å². The van der Waals surface area contributed by atoms with Crippen LogP contribution in [-0.2, 0) is 4.79 Å². The molecule has 0 N–H and O–H groups in total. The third-order valence-electron chi connectivity index (χ3n) is 3.32. The number of rotatable bonds is 4. The second-order valence-electron chi connectivity index (χ2n) is 5.08. The Morgan fingerprint density at radius 3 is 2.11 bits per heavy atom. The van der Waals surface area contributed by atoms with Crippen molar-refractivity contribution < 1.29 is 9.59 Å². The van der Waals surface area contributed by atoms with E-state index in [0.717, 1.165) is 29.8 Å². The van der Waals surface area contributed by atoms with Crippen molar-refractivity contribution in [2.45, 2.75) is 33.6 Å². The minimum atomic E-state index is 0.0835. The van der Waals surface area contributed by atoms with Crippen LogP contribution in [0.15, 0.2) is 12.1 Å². The van der Waals surface area contributed by atoms with E-state index < -0.39 is 0 Å². The minimum Gasteiger partial charge on any atom is -0.339 e. The van der Waals surface area contributed by atoms with Gasteiger partial charge in [-0.1, -0.05) is 17.7 Å². The van der Waals surface area contributed by atoms with Crippen LogP contribution in [0.1, 0.15) is 39.9 Å². The molecule has 1 aromatic rings. The van der Waals surface area contributed by atoms with Crippen LogP contribution in [0.4, 0.5) is 0 Å². The zero-order chi connectivity index (χ0) is 13.3. The molecule has 0 saturated carbocycles.